The molecule has 1 aromatic carbocycles. The summed E-state index contributed by atoms with van der Waals surface area (Å²) in [5.41, 5.74) is 1.01. The van der Waals surface area contributed by atoms with E-state index in [9.17, 15) is 9.59 Å². The molecule has 1 saturated heterocycles. The number of para-hydroxylation sites is 1. The molecule has 1 N–H and O–H groups in total. The number of rotatable bonds is 7. The average Bonchev–Trinajstić information content (AvgIpc) is 2.56. The van der Waals surface area contributed by atoms with Crippen molar-refractivity contribution in [2.24, 2.45) is 0 Å². The number of carbonyl (C=O) groups is 2. The lowest BCUT2D eigenvalue weighted by Gasteiger charge is -2.35. The van der Waals surface area contributed by atoms with Crippen LogP contribution in [-0.4, -0.2) is 65.6 Å². The van der Waals surface area contributed by atoms with Gasteiger partial charge in [0, 0.05) is 32.6 Å². The first-order valence-electron chi connectivity index (χ1n) is 8.42. The summed E-state index contributed by atoms with van der Waals surface area (Å²) in [7, 11) is 0. The summed E-state index contributed by atoms with van der Waals surface area (Å²) in [6, 6.07) is 7.68. The van der Waals surface area contributed by atoms with Gasteiger partial charge in [-0.25, -0.2) is 0 Å². The van der Waals surface area contributed by atoms with Crippen molar-refractivity contribution >= 4 is 11.9 Å². The number of carboxylic acids is 1. The maximum atomic E-state index is 12.5. The van der Waals surface area contributed by atoms with Crippen molar-refractivity contribution in [1.29, 1.82) is 0 Å². The fourth-order valence-corrected chi connectivity index (χ4v) is 2.83. The van der Waals surface area contributed by atoms with E-state index in [-0.39, 0.29) is 12.3 Å². The van der Waals surface area contributed by atoms with Gasteiger partial charge in [-0.3, -0.25) is 14.5 Å². The van der Waals surface area contributed by atoms with E-state index >= 15 is 0 Å². The zero-order valence-corrected chi connectivity index (χ0v) is 14.4. The van der Waals surface area contributed by atoms with Gasteiger partial charge in [-0.05, 0) is 38.4 Å². The maximum Gasteiger partial charge on any atom is 0.303 e. The molecule has 1 amide bonds. The lowest BCUT2D eigenvalue weighted by atomic mass is 10.2. The fourth-order valence-electron chi connectivity index (χ4n) is 2.83. The number of nitrogens with zero attached hydrogens (tertiary/aromatic N) is 2. The minimum absolute atomic E-state index is 0.00318. The molecule has 0 saturated carbocycles. The van der Waals surface area contributed by atoms with Crippen molar-refractivity contribution in [3.63, 3.8) is 0 Å². The maximum absolute atomic E-state index is 12.5. The highest BCUT2D eigenvalue weighted by molar-refractivity contribution is 5.81. The van der Waals surface area contributed by atoms with Crippen LogP contribution in [0.4, 0.5) is 0 Å². The molecule has 0 aromatic heterocycles. The lowest BCUT2D eigenvalue weighted by molar-refractivity contribution is -0.139. The van der Waals surface area contributed by atoms with Crippen LogP contribution in [0, 0.1) is 6.92 Å². The van der Waals surface area contributed by atoms with Crippen LogP contribution in [0.5, 0.6) is 5.75 Å². The highest BCUT2D eigenvalue weighted by Gasteiger charge is 2.26. The summed E-state index contributed by atoms with van der Waals surface area (Å²) in [5, 5.41) is 8.67. The zero-order valence-electron chi connectivity index (χ0n) is 14.4. The number of aliphatic carboxylic acids is 1. The summed E-state index contributed by atoms with van der Waals surface area (Å²) in [5.74, 6) is -0.0138. The molecule has 2 rings (SSSR count). The van der Waals surface area contributed by atoms with Crippen LogP contribution in [0.1, 0.15) is 25.3 Å². The lowest BCUT2D eigenvalue weighted by Crippen LogP contribution is -2.52. The molecule has 0 spiro atoms. The van der Waals surface area contributed by atoms with Crippen molar-refractivity contribution in [3.8, 4) is 5.75 Å². The van der Waals surface area contributed by atoms with Crippen LogP contribution in [0.15, 0.2) is 24.3 Å². The first-order valence-corrected chi connectivity index (χ1v) is 8.42. The van der Waals surface area contributed by atoms with Crippen LogP contribution in [0.3, 0.4) is 0 Å². The van der Waals surface area contributed by atoms with Crippen molar-refractivity contribution in [2.75, 3.05) is 32.7 Å². The molecular weight excluding hydrogens is 308 g/mol. The van der Waals surface area contributed by atoms with E-state index in [1.165, 1.54) is 0 Å². The van der Waals surface area contributed by atoms with Gasteiger partial charge < -0.3 is 14.7 Å². The van der Waals surface area contributed by atoms with Crippen molar-refractivity contribution in [3.05, 3.63) is 29.8 Å². The smallest absolute Gasteiger partial charge is 0.303 e. The third-order valence-electron chi connectivity index (χ3n) is 4.29. The first kappa shape index (κ1) is 18.3. The Morgan fingerprint density at radius 1 is 1.21 bits per heavy atom. The third kappa shape index (κ3) is 5.23. The number of ether oxygens (including phenoxy) is 1. The van der Waals surface area contributed by atoms with Gasteiger partial charge >= 0.3 is 5.97 Å². The second-order valence-electron chi connectivity index (χ2n) is 6.19. The average molecular weight is 334 g/mol. The Morgan fingerprint density at radius 2 is 1.88 bits per heavy atom. The van der Waals surface area contributed by atoms with E-state index in [1.54, 1.807) is 6.92 Å². The molecule has 1 fully saturated rings. The van der Waals surface area contributed by atoms with Gasteiger partial charge in [0.2, 0.25) is 0 Å². The summed E-state index contributed by atoms with van der Waals surface area (Å²) >= 11 is 0. The number of piperazine rings is 1. The van der Waals surface area contributed by atoms with Crippen LogP contribution in [0.2, 0.25) is 0 Å². The normalized spacial score (nSPS) is 16.7. The summed E-state index contributed by atoms with van der Waals surface area (Å²) in [6.45, 7) is 7.39. The monoisotopic (exact) mass is 334 g/mol. The molecule has 1 aliphatic rings. The predicted molar refractivity (Wildman–Crippen MR) is 91.2 cm³/mol. The molecule has 1 aliphatic heterocycles. The Hall–Kier alpha value is -2.08. The standard InChI is InChI=1S/C18H26N2O4/c1-14-6-3-4-7-16(14)24-15(2)18(23)20-12-10-19(11-13-20)9-5-8-17(21)22/h3-4,6-7,15H,5,8-13H2,1-2H3,(H,21,22). The third-order valence-corrected chi connectivity index (χ3v) is 4.29. The minimum Gasteiger partial charge on any atom is -0.481 e. The van der Waals surface area contributed by atoms with Crippen molar-refractivity contribution in [2.45, 2.75) is 32.8 Å². The SMILES string of the molecule is Cc1ccccc1OC(C)C(=O)N1CCN(CCCC(=O)O)CC1. The number of hydrogen-bond donors (Lipinski definition) is 1. The highest BCUT2D eigenvalue weighted by atomic mass is 16.5. The Kier molecular flexibility index (Phi) is 6.61. The van der Waals surface area contributed by atoms with Crippen LogP contribution in [-0.2, 0) is 9.59 Å². The van der Waals surface area contributed by atoms with Crippen LogP contribution in [0.25, 0.3) is 0 Å². The summed E-state index contributed by atoms with van der Waals surface area (Å²) in [4.78, 5) is 27.1. The molecule has 0 radical (unpaired) electrons. The molecular formula is C18H26N2O4. The van der Waals surface area contributed by atoms with E-state index < -0.39 is 12.1 Å². The Balaban J connectivity index is 1.77. The number of aryl methyl sites for hydroxylation is 1. The van der Waals surface area contributed by atoms with Gasteiger partial charge in [-0.15, -0.1) is 0 Å². The summed E-state index contributed by atoms with van der Waals surface area (Å²) < 4.78 is 5.81. The van der Waals surface area contributed by atoms with E-state index in [4.69, 9.17) is 9.84 Å². The van der Waals surface area contributed by atoms with E-state index in [0.29, 0.717) is 19.5 Å². The Labute approximate surface area is 143 Å². The number of benzene rings is 1. The topological polar surface area (TPSA) is 70.1 Å². The molecule has 6 nitrogen and oxygen atoms in total. The van der Waals surface area contributed by atoms with Gasteiger partial charge in [0.05, 0.1) is 0 Å². The molecule has 132 valence electrons. The van der Waals surface area contributed by atoms with Crippen molar-refractivity contribution < 1.29 is 19.4 Å². The van der Waals surface area contributed by atoms with Gasteiger partial charge in [0.15, 0.2) is 6.10 Å². The Bertz CT molecular complexity index is 568. The highest BCUT2D eigenvalue weighted by Crippen LogP contribution is 2.18. The number of amides is 1. The fraction of sp³-hybridized carbons (Fsp3) is 0.556. The molecule has 1 heterocycles. The van der Waals surface area contributed by atoms with Crippen molar-refractivity contribution in [1.82, 2.24) is 9.80 Å². The van der Waals surface area contributed by atoms with E-state index in [2.05, 4.69) is 4.90 Å². The molecule has 1 unspecified atom stereocenters. The second-order valence-corrected chi connectivity index (χ2v) is 6.19. The number of hydrogen-bond acceptors (Lipinski definition) is 4. The molecule has 1 aromatic rings. The molecule has 24 heavy (non-hydrogen) atoms. The van der Waals surface area contributed by atoms with Gasteiger partial charge in [-0.1, -0.05) is 18.2 Å². The molecule has 6 heteroatoms. The second kappa shape index (κ2) is 8.68. The largest absolute Gasteiger partial charge is 0.481 e. The summed E-state index contributed by atoms with van der Waals surface area (Å²) in [6.07, 6.45) is 0.334. The van der Waals surface area contributed by atoms with Gasteiger partial charge in [0.25, 0.3) is 5.91 Å². The van der Waals surface area contributed by atoms with E-state index in [1.807, 2.05) is 36.1 Å². The first-order chi connectivity index (χ1) is 11.5. The van der Waals surface area contributed by atoms with Gasteiger partial charge in [-0.2, -0.15) is 0 Å². The number of carbonyl (C=O) groups excluding carboxylic acids is 1. The van der Waals surface area contributed by atoms with Gasteiger partial charge in [0.1, 0.15) is 5.75 Å². The molecule has 1 atom stereocenters. The minimum atomic E-state index is -0.758. The zero-order chi connectivity index (χ0) is 17.5. The molecule has 0 aliphatic carbocycles. The quantitative estimate of drug-likeness (QED) is 0.823. The van der Waals surface area contributed by atoms with E-state index in [0.717, 1.165) is 30.9 Å². The molecule has 0 bridgehead atoms. The Morgan fingerprint density at radius 3 is 2.50 bits per heavy atom. The number of carboxylic acid groups (broad SMARTS) is 1. The van der Waals surface area contributed by atoms with Crippen LogP contribution >= 0.6 is 0 Å². The van der Waals surface area contributed by atoms with Crippen LogP contribution < -0.4 is 4.74 Å². The predicted octanol–water partition coefficient (Wildman–Crippen LogP) is 1.77.